The Hall–Kier alpha value is 0.710. The van der Waals surface area contributed by atoms with Crippen molar-refractivity contribution in [3.63, 3.8) is 0 Å². The van der Waals surface area contributed by atoms with Crippen molar-refractivity contribution >= 4 is 66.3 Å². The highest BCUT2D eigenvalue weighted by atomic mass is 79.9. The van der Waals surface area contributed by atoms with Crippen LogP contribution in [0.2, 0.25) is 0 Å². The first-order valence-electron chi connectivity index (χ1n) is 4.24. The highest BCUT2D eigenvalue weighted by molar-refractivity contribution is 9.11. The molecular weight excluding hydrogens is 376 g/mol. The van der Waals surface area contributed by atoms with Crippen LogP contribution in [0.5, 0.6) is 0 Å². The van der Waals surface area contributed by atoms with Crippen LogP contribution in [0.1, 0.15) is 11.1 Å². The van der Waals surface area contributed by atoms with E-state index in [2.05, 4.69) is 56.5 Å². The average Bonchev–Trinajstić information content (AvgIpc) is 2.68. The Morgan fingerprint density at radius 2 is 1.33 bits per heavy atom. The molecule has 0 aliphatic rings. The molecule has 15 heavy (non-hydrogen) atoms. The van der Waals surface area contributed by atoms with E-state index < -0.39 is 0 Å². The van der Waals surface area contributed by atoms with Gasteiger partial charge < -0.3 is 0 Å². The minimum absolute atomic E-state index is 1.23. The number of hydrogen-bond acceptors (Lipinski definition) is 3. The number of aryl methyl sites for hydroxylation is 2. The molecule has 2 rings (SSSR count). The second-order valence-electron chi connectivity index (χ2n) is 3.14. The molecule has 0 saturated carbocycles. The molecule has 5 heteroatoms. The van der Waals surface area contributed by atoms with Gasteiger partial charge in [-0.25, -0.2) is 0 Å². The minimum Gasteiger partial charge on any atom is -0.136 e. The van der Waals surface area contributed by atoms with Crippen molar-refractivity contribution in [3.8, 4) is 0 Å². The molecule has 0 N–H and O–H groups in total. The fourth-order valence-corrected chi connectivity index (χ4v) is 5.95. The van der Waals surface area contributed by atoms with E-state index in [9.17, 15) is 0 Å². The van der Waals surface area contributed by atoms with Crippen molar-refractivity contribution in [3.05, 3.63) is 30.8 Å². The molecule has 0 amide bonds. The summed E-state index contributed by atoms with van der Waals surface area (Å²) in [7, 11) is 0. The lowest BCUT2D eigenvalue weighted by Gasteiger charge is -1.97. The summed E-state index contributed by atoms with van der Waals surface area (Å²) in [6, 6.07) is 0. The fraction of sp³-hybridized carbons (Fsp3) is 0.200. The van der Waals surface area contributed by atoms with E-state index in [1.165, 1.54) is 28.5 Å². The van der Waals surface area contributed by atoms with Crippen LogP contribution in [-0.2, 0) is 0 Å². The molecule has 0 fully saturated rings. The van der Waals surface area contributed by atoms with Crippen LogP contribution in [0.3, 0.4) is 0 Å². The largest absolute Gasteiger partial charge is 0.136 e. The van der Waals surface area contributed by atoms with E-state index in [1.54, 1.807) is 22.7 Å². The molecular formula is C10H8Br2S3. The maximum Gasteiger partial charge on any atom is 0.0799 e. The summed E-state index contributed by atoms with van der Waals surface area (Å²) in [5, 5.41) is 4.36. The van der Waals surface area contributed by atoms with E-state index in [1.807, 2.05) is 11.8 Å². The molecule has 0 bridgehead atoms. The first-order valence-corrected chi connectivity index (χ1v) is 8.41. The lowest BCUT2D eigenvalue weighted by Crippen LogP contribution is -1.69. The molecule has 0 unspecified atom stereocenters. The molecule has 2 aromatic heterocycles. The molecule has 0 radical (unpaired) electrons. The van der Waals surface area contributed by atoms with E-state index in [-0.39, 0.29) is 0 Å². The third-order valence-electron chi connectivity index (χ3n) is 1.92. The summed E-state index contributed by atoms with van der Waals surface area (Å²) >= 11 is 12.6. The molecule has 80 valence electrons. The summed E-state index contributed by atoms with van der Waals surface area (Å²) in [5.41, 5.74) is 2.62. The minimum atomic E-state index is 1.23. The molecule has 0 aromatic carbocycles. The second kappa shape index (κ2) is 4.92. The van der Waals surface area contributed by atoms with Gasteiger partial charge in [-0.1, -0.05) is 11.8 Å². The van der Waals surface area contributed by atoms with Crippen LogP contribution in [-0.4, -0.2) is 0 Å². The summed E-state index contributed by atoms with van der Waals surface area (Å²) in [6.07, 6.45) is 0. The van der Waals surface area contributed by atoms with Crippen LogP contribution in [0.4, 0.5) is 0 Å². The van der Waals surface area contributed by atoms with Gasteiger partial charge in [0.25, 0.3) is 0 Å². The van der Waals surface area contributed by atoms with Crippen molar-refractivity contribution in [2.45, 2.75) is 22.3 Å². The highest BCUT2D eigenvalue weighted by Crippen LogP contribution is 2.45. The number of thiophene rings is 2. The van der Waals surface area contributed by atoms with E-state index in [4.69, 9.17) is 0 Å². The van der Waals surface area contributed by atoms with Gasteiger partial charge in [-0.2, -0.15) is 0 Å². The Balaban J connectivity index is 2.29. The molecule has 0 spiro atoms. The van der Waals surface area contributed by atoms with Gasteiger partial charge in [-0.3, -0.25) is 0 Å². The van der Waals surface area contributed by atoms with Gasteiger partial charge in [0, 0.05) is 8.95 Å². The molecule has 2 aromatic rings. The number of halogens is 2. The zero-order chi connectivity index (χ0) is 11.0. The smallest absolute Gasteiger partial charge is 0.0799 e. The van der Waals surface area contributed by atoms with Crippen molar-refractivity contribution in [2.24, 2.45) is 0 Å². The molecule has 2 heterocycles. The van der Waals surface area contributed by atoms with Gasteiger partial charge >= 0.3 is 0 Å². The molecule has 0 atom stereocenters. The number of rotatable bonds is 2. The van der Waals surface area contributed by atoms with Crippen molar-refractivity contribution < 1.29 is 0 Å². The van der Waals surface area contributed by atoms with Gasteiger partial charge in [0.15, 0.2) is 0 Å². The maximum absolute atomic E-state index is 3.62. The first kappa shape index (κ1) is 12.2. The van der Waals surface area contributed by atoms with Gasteiger partial charge in [-0.05, 0) is 67.6 Å². The molecule has 0 aliphatic carbocycles. The topological polar surface area (TPSA) is 0 Å². The standard InChI is InChI=1S/C10H8Br2S3/c1-5-3-13-9(7(5)11)15-10-8(12)6(2)4-14-10/h3-4H,1-2H3. The summed E-state index contributed by atoms with van der Waals surface area (Å²) in [6.45, 7) is 4.25. The van der Waals surface area contributed by atoms with Gasteiger partial charge in [-0.15, -0.1) is 22.7 Å². The van der Waals surface area contributed by atoms with Gasteiger partial charge in [0.1, 0.15) is 0 Å². The second-order valence-corrected chi connectivity index (χ2v) is 8.03. The number of hydrogen-bond donors (Lipinski definition) is 0. The Morgan fingerprint density at radius 1 is 0.933 bits per heavy atom. The molecule has 0 aliphatic heterocycles. The first-order chi connectivity index (χ1) is 7.09. The monoisotopic (exact) mass is 382 g/mol. The van der Waals surface area contributed by atoms with E-state index in [0.717, 1.165) is 0 Å². The van der Waals surface area contributed by atoms with Crippen LogP contribution in [0, 0.1) is 13.8 Å². The van der Waals surface area contributed by atoms with Crippen LogP contribution < -0.4 is 0 Å². The molecule has 0 saturated heterocycles. The Bertz CT molecular complexity index is 441. The third-order valence-corrected chi connectivity index (χ3v) is 8.65. The van der Waals surface area contributed by atoms with Crippen LogP contribution >= 0.6 is 66.3 Å². The maximum atomic E-state index is 3.62. The summed E-state index contributed by atoms with van der Waals surface area (Å²) in [5.74, 6) is 0. The van der Waals surface area contributed by atoms with Gasteiger partial charge in [0.05, 0.1) is 8.42 Å². The van der Waals surface area contributed by atoms with E-state index in [0.29, 0.717) is 0 Å². The zero-order valence-corrected chi connectivity index (χ0v) is 13.8. The van der Waals surface area contributed by atoms with Crippen molar-refractivity contribution in [1.82, 2.24) is 0 Å². The van der Waals surface area contributed by atoms with Crippen molar-refractivity contribution in [2.75, 3.05) is 0 Å². The molecule has 0 nitrogen and oxygen atoms in total. The summed E-state index contributed by atoms with van der Waals surface area (Å²) < 4.78 is 5.12. The SMILES string of the molecule is Cc1csc(Sc2scc(C)c2Br)c1Br. The predicted molar refractivity (Wildman–Crippen MR) is 77.6 cm³/mol. The average molecular weight is 384 g/mol. The Kier molecular flexibility index (Phi) is 3.99. The van der Waals surface area contributed by atoms with Crippen molar-refractivity contribution in [1.29, 1.82) is 0 Å². The van der Waals surface area contributed by atoms with E-state index >= 15 is 0 Å². The lowest BCUT2D eigenvalue weighted by atomic mass is 10.4. The summed E-state index contributed by atoms with van der Waals surface area (Å²) in [4.78, 5) is 0. The van der Waals surface area contributed by atoms with Crippen LogP contribution in [0.15, 0.2) is 28.1 Å². The van der Waals surface area contributed by atoms with Crippen LogP contribution in [0.25, 0.3) is 0 Å². The fourth-order valence-electron chi connectivity index (χ4n) is 1.03. The quantitative estimate of drug-likeness (QED) is 0.603. The lowest BCUT2D eigenvalue weighted by molar-refractivity contribution is 1.43. The zero-order valence-electron chi connectivity index (χ0n) is 8.14. The normalized spacial score (nSPS) is 10.9. The Morgan fingerprint density at radius 3 is 1.60 bits per heavy atom. The van der Waals surface area contributed by atoms with Gasteiger partial charge in [0.2, 0.25) is 0 Å². The third kappa shape index (κ3) is 2.52. The highest BCUT2D eigenvalue weighted by Gasteiger charge is 2.12. The predicted octanol–water partition coefficient (Wildman–Crippen LogP) is 6.10. The Labute approximate surface area is 118 Å².